The Balaban J connectivity index is 0.000000810. The van der Waals surface area contributed by atoms with Crippen LogP contribution >= 0.6 is 0 Å². The molecule has 1 aromatic carbocycles. The molecule has 0 nitrogen and oxygen atoms in total. The van der Waals surface area contributed by atoms with Gasteiger partial charge in [0.2, 0.25) is 0 Å². The number of rotatable bonds is 1. The first kappa shape index (κ1) is 10.6. The van der Waals surface area contributed by atoms with Gasteiger partial charge in [-0.2, -0.15) is 0 Å². The molecule has 0 heterocycles. The molecular formula is C9H10K. The van der Waals surface area contributed by atoms with Crippen LogP contribution in [0.2, 0.25) is 0 Å². The van der Waals surface area contributed by atoms with Gasteiger partial charge in [0, 0.05) is 51.4 Å². The molecule has 0 unspecified atom stereocenters. The second-order valence-corrected chi connectivity index (χ2v) is 2.15. The first-order valence-corrected chi connectivity index (χ1v) is 3.01. The van der Waals surface area contributed by atoms with Gasteiger partial charge in [0.05, 0.1) is 0 Å². The molecule has 0 aromatic heterocycles. The van der Waals surface area contributed by atoms with E-state index in [0.29, 0.717) is 0 Å². The van der Waals surface area contributed by atoms with Crippen molar-refractivity contribution < 1.29 is 0 Å². The Labute approximate surface area is 105 Å². The van der Waals surface area contributed by atoms with E-state index in [-0.39, 0.29) is 51.4 Å². The molecule has 0 bridgehead atoms. The van der Waals surface area contributed by atoms with Gasteiger partial charge in [0.25, 0.3) is 0 Å². The van der Waals surface area contributed by atoms with Gasteiger partial charge < -0.3 is 0 Å². The standard InChI is InChI=1S/C9H10.K/c1-8(2)9-6-4-3-5-7-9;/h3-7H,1H2,2H3;. The minimum Gasteiger partial charge on any atom is -0.0955 e. The van der Waals surface area contributed by atoms with Crippen LogP contribution in [0.15, 0.2) is 36.9 Å². The SMILES string of the molecule is C=C(C)c1ccccc1.[K]. The van der Waals surface area contributed by atoms with Crippen LogP contribution < -0.4 is 0 Å². The summed E-state index contributed by atoms with van der Waals surface area (Å²) in [7, 11) is 0. The molecule has 0 aliphatic heterocycles. The Morgan fingerprint density at radius 2 is 1.70 bits per heavy atom. The monoisotopic (exact) mass is 157 g/mol. The van der Waals surface area contributed by atoms with E-state index in [9.17, 15) is 0 Å². The van der Waals surface area contributed by atoms with Gasteiger partial charge in [0.1, 0.15) is 0 Å². The molecule has 0 N–H and O–H groups in total. The minimum atomic E-state index is 0. The summed E-state index contributed by atoms with van der Waals surface area (Å²) < 4.78 is 0. The maximum Gasteiger partial charge on any atom is 0 e. The normalized spacial score (nSPS) is 8.10. The van der Waals surface area contributed by atoms with Gasteiger partial charge in [0.15, 0.2) is 0 Å². The van der Waals surface area contributed by atoms with E-state index in [1.165, 1.54) is 5.56 Å². The second-order valence-electron chi connectivity index (χ2n) is 2.15. The molecule has 0 atom stereocenters. The molecule has 1 heteroatoms. The van der Waals surface area contributed by atoms with Crippen molar-refractivity contribution in [2.75, 3.05) is 0 Å². The third-order valence-corrected chi connectivity index (χ3v) is 1.27. The molecule has 1 aromatic rings. The topological polar surface area (TPSA) is 0 Å². The fourth-order valence-corrected chi connectivity index (χ4v) is 0.723. The van der Waals surface area contributed by atoms with E-state index in [0.717, 1.165) is 5.57 Å². The first-order valence-electron chi connectivity index (χ1n) is 3.01. The Morgan fingerprint density at radius 3 is 2.00 bits per heavy atom. The van der Waals surface area contributed by atoms with Crippen molar-refractivity contribution >= 4 is 57.0 Å². The van der Waals surface area contributed by atoms with Gasteiger partial charge in [-0.25, -0.2) is 0 Å². The smallest absolute Gasteiger partial charge is 0 e. The van der Waals surface area contributed by atoms with Crippen LogP contribution in [0.1, 0.15) is 12.5 Å². The largest absolute Gasteiger partial charge is 0.0955 e. The molecule has 0 fully saturated rings. The Hall–Kier alpha value is 0.596. The van der Waals surface area contributed by atoms with Crippen LogP contribution in [-0.2, 0) is 0 Å². The van der Waals surface area contributed by atoms with Crippen LogP contribution in [-0.4, -0.2) is 51.4 Å². The average Bonchev–Trinajstić information content (AvgIpc) is 1.90. The maximum absolute atomic E-state index is 3.83. The number of hydrogen-bond acceptors (Lipinski definition) is 0. The molecule has 0 spiro atoms. The first-order chi connectivity index (χ1) is 4.30. The summed E-state index contributed by atoms with van der Waals surface area (Å²) in [5.41, 5.74) is 2.34. The molecule has 10 heavy (non-hydrogen) atoms. The third kappa shape index (κ3) is 3.13. The summed E-state index contributed by atoms with van der Waals surface area (Å²) in [6, 6.07) is 10.2. The predicted molar refractivity (Wildman–Crippen MR) is 46.9 cm³/mol. The maximum atomic E-state index is 3.83. The zero-order valence-corrected chi connectivity index (χ0v) is 9.72. The molecule has 0 saturated carbocycles. The number of allylic oxidation sites excluding steroid dienone is 1. The Kier molecular flexibility index (Phi) is 5.59. The molecule has 0 saturated heterocycles. The van der Waals surface area contributed by atoms with Crippen molar-refractivity contribution in [3.8, 4) is 0 Å². The third-order valence-electron chi connectivity index (χ3n) is 1.27. The molecule has 0 amide bonds. The Morgan fingerprint density at radius 1 is 1.20 bits per heavy atom. The minimum absolute atomic E-state index is 0. The Bertz CT molecular complexity index is 201. The summed E-state index contributed by atoms with van der Waals surface area (Å²) in [5, 5.41) is 0. The predicted octanol–water partition coefficient (Wildman–Crippen LogP) is 2.34. The van der Waals surface area contributed by atoms with Crippen LogP contribution in [0.5, 0.6) is 0 Å². The summed E-state index contributed by atoms with van der Waals surface area (Å²) >= 11 is 0. The summed E-state index contributed by atoms with van der Waals surface area (Å²) in [5.74, 6) is 0. The molecular weight excluding hydrogens is 147 g/mol. The summed E-state index contributed by atoms with van der Waals surface area (Å²) in [4.78, 5) is 0. The van der Waals surface area contributed by atoms with Gasteiger partial charge >= 0.3 is 0 Å². The molecule has 0 aliphatic rings. The fourth-order valence-electron chi connectivity index (χ4n) is 0.723. The van der Waals surface area contributed by atoms with E-state index >= 15 is 0 Å². The number of benzene rings is 1. The summed E-state index contributed by atoms with van der Waals surface area (Å²) in [6.07, 6.45) is 0. The van der Waals surface area contributed by atoms with Crippen molar-refractivity contribution in [1.82, 2.24) is 0 Å². The van der Waals surface area contributed by atoms with Crippen LogP contribution in [0, 0.1) is 0 Å². The summed E-state index contributed by atoms with van der Waals surface area (Å²) in [6.45, 7) is 5.83. The zero-order chi connectivity index (χ0) is 6.69. The van der Waals surface area contributed by atoms with E-state index < -0.39 is 0 Å². The van der Waals surface area contributed by atoms with E-state index in [1.54, 1.807) is 0 Å². The van der Waals surface area contributed by atoms with Gasteiger partial charge in [-0.05, 0) is 12.5 Å². The van der Waals surface area contributed by atoms with Crippen molar-refractivity contribution in [3.63, 3.8) is 0 Å². The van der Waals surface area contributed by atoms with Crippen molar-refractivity contribution in [2.45, 2.75) is 6.92 Å². The molecule has 1 rings (SSSR count). The fraction of sp³-hybridized carbons (Fsp3) is 0.111. The van der Waals surface area contributed by atoms with E-state index in [4.69, 9.17) is 0 Å². The molecule has 0 aliphatic carbocycles. The number of hydrogen-bond donors (Lipinski definition) is 0. The van der Waals surface area contributed by atoms with Crippen molar-refractivity contribution in [2.24, 2.45) is 0 Å². The van der Waals surface area contributed by atoms with E-state index in [1.807, 2.05) is 25.1 Å². The zero-order valence-electron chi connectivity index (χ0n) is 6.59. The van der Waals surface area contributed by atoms with Crippen LogP contribution in [0.4, 0.5) is 0 Å². The van der Waals surface area contributed by atoms with Gasteiger partial charge in [-0.3, -0.25) is 0 Å². The molecule has 1 radical (unpaired) electrons. The quantitative estimate of drug-likeness (QED) is 0.549. The van der Waals surface area contributed by atoms with Crippen molar-refractivity contribution in [1.29, 1.82) is 0 Å². The van der Waals surface area contributed by atoms with E-state index in [2.05, 4.69) is 18.7 Å². The van der Waals surface area contributed by atoms with Crippen LogP contribution in [0.25, 0.3) is 5.57 Å². The van der Waals surface area contributed by atoms with Crippen LogP contribution in [0.3, 0.4) is 0 Å². The van der Waals surface area contributed by atoms with Crippen molar-refractivity contribution in [3.05, 3.63) is 42.5 Å². The van der Waals surface area contributed by atoms with Gasteiger partial charge in [-0.15, -0.1) is 0 Å². The average molecular weight is 157 g/mol. The van der Waals surface area contributed by atoms with Gasteiger partial charge in [-0.1, -0.05) is 42.5 Å². The molecule has 47 valence electrons. The second kappa shape index (κ2) is 5.27.